The number of amides is 1. The monoisotopic (exact) mass is 576 g/mol. The van der Waals surface area contributed by atoms with E-state index in [2.05, 4.69) is 11.1 Å². The molecule has 11 heteroatoms. The van der Waals surface area contributed by atoms with E-state index < -0.39 is 12.4 Å². The lowest BCUT2D eigenvalue weighted by Crippen LogP contribution is -2.49. The summed E-state index contributed by atoms with van der Waals surface area (Å²) in [6, 6.07) is 13.4. The van der Waals surface area contributed by atoms with Crippen molar-refractivity contribution in [3.8, 4) is 17.3 Å². The number of aliphatic hydroxyl groups excluding tert-OH is 1. The minimum absolute atomic E-state index is 0.0359. The van der Waals surface area contributed by atoms with Crippen LogP contribution >= 0.6 is 11.3 Å². The van der Waals surface area contributed by atoms with E-state index >= 15 is 4.39 Å². The van der Waals surface area contributed by atoms with E-state index in [-0.39, 0.29) is 23.2 Å². The van der Waals surface area contributed by atoms with Crippen LogP contribution in [0.5, 0.6) is 0 Å². The number of hydrogen-bond donors (Lipinski definition) is 1. The Balaban J connectivity index is 1.61. The van der Waals surface area contributed by atoms with E-state index in [4.69, 9.17) is 4.98 Å². The number of thiazole rings is 1. The van der Waals surface area contributed by atoms with Crippen molar-refractivity contribution >= 4 is 44.7 Å². The fourth-order valence-electron chi connectivity index (χ4n) is 5.00. The van der Waals surface area contributed by atoms with Crippen LogP contribution < -0.4 is 9.80 Å². The Morgan fingerprint density at radius 1 is 1.12 bits per heavy atom. The minimum atomic E-state index is -0.530. The van der Waals surface area contributed by atoms with Crippen LogP contribution in [0.2, 0.25) is 0 Å². The highest BCUT2D eigenvalue weighted by Crippen LogP contribution is 2.40. The minimum Gasteiger partial charge on any atom is -0.387 e. The average Bonchev–Trinajstić information content (AvgIpc) is 3.41. The van der Waals surface area contributed by atoms with Crippen LogP contribution in [0.3, 0.4) is 0 Å². The smallest absolute Gasteiger partial charge is 0.248 e. The van der Waals surface area contributed by atoms with E-state index in [1.54, 1.807) is 17.0 Å². The lowest BCUT2D eigenvalue weighted by atomic mass is 10.0. The van der Waals surface area contributed by atoms with Gasteiger partial charge in [-0.2, -0.15) is 5.26 Å². The molecule has 2 aromatic heterocycles. The van der Waals surface area contributed by atoms with Crippen molar-refractivity contribution in [2.45, 2.75) is 26.7 Å². The van der Waals surface area contributed by atoms with Gasteiger partial charge in [0.1, 0.15) is 34.6 Å². The number of piperazine rings is 1. The SMILES string of the molecule is CCN(c1nc(-c2ccc(F)cc2)c(C#N)s1)c1cc(C(C)C)nc2c(F)cc(N3CCN(C(=O)CO)CC3)cc12. The third-order valence-electron chi connectivity index (χ3n) is 7.25. The molecule has 8 nitrogen and oxygen atoms in total. The Morgan fingerprint density at radius 3 is 2.44 bits per heavy atom. The third kappa shape index (κ3) is 5.58. The first-order valence-corrected chi connectivity index (χ1v) is 14.3. The van der Waals surface area contributed by atoms with Crippen LogP contribution in [0, 0.1) is 23.0 Å². The van der Waals surface area contributed by atoms with Crippen molar-refractivity contribution in [2.75, 3.05) is 49.1 Å². The molecule has 0 aliphatic carbocycles. The Hall–Kier alpha value is -4.14. The summed E-state index contributed by atoms with van der Waals surface area (Å²) in [4.78, 5) is 27.3. The highest BCUT2D eigenvalue weighted by Gasteiger charge is 2.25. The normalized spacial score (nSPS) is 13.6. The van der Waals surface area contributed by atoms with E-state index in [1.165, 1.54) is 29.5 Å². The number of aromatic nitrogens is 2. The number of halogens is 2. The topological polar surface area (TPSA) is 96.6 Å². The molecule has 1 N–H and O–H groups in total. The molecule has 0 saturated carbocycles. The van der Waals surface area contributed by atoms with Gasteiger partial charge in [-0.25, -0.2) is 18.7 Å². The molecule has 1 fully saturated rings. The van der Waals surface area contributed by atoms with Gasteiger partial charge in [-0.3, -0.25) is 4.79 Å². The Bertz CT molecular complexity index is 1620. The first-order valence-electron chi connectivity index (χ1n) is 13.5. The summed E-state index contributed by atoms with van der Waals surface area (Å²) in [5.41, 5.74) is 3.47. The van der Waals surface area contributed by atoms with Gasteiger partial charge in [-0.15, -0.1) is 0 Å². The highest BCUT2D eigenvalue weighted by molar-refractivity contribution is 7.16. The van der Waals surface area contributed by atoms with Gasteiger partial charge in [-0.05, 0) is 55.3 Å². The molecule has 3 heterocycles. The molecular weight excluding hydrogens is 546 g/mol. The number of anilines is 3. The number of carbonyl (C=O) groups excluding carboxylic acids is 1. The lowest BCUT2D eigenvalue weighted by molar-refractivity contribution is -0.134. The molecule has 0 unspecified atom stereocenters. The number of fused-ring (bicyclic) bond motifs is 1. The molecule has 5 rings (SSSR count). The zero-order valence-corrected chi connectivity index (χ0v) is 23.9. The molecule has 0 bridgehead atoms. The number of pyridine rings is 1. The van der Waals surface area contributed by atoms with Crippen LogP contribution in [0.4, 0.5) is 25.3 Å². The van der Waals surface area contributed by atoms with Crippen LogP contribution in [-0.2, 0) is 4.79 Å². The average molecular weight is 577 g/mol. The Kier molecular flexibility index (Phi) is 8.15. The molecule has 212 valence electrons. The van der Waals surface area contributed by atoms with Crippen molar-refractivity contribution in [2.24, 2.45) is 0 Å². The summed E-state index contributed by atoms with van der Waals surface area (Å²) in [7, 11) is 0. The lowest BCUT2D eigenvalue weighted by Gasteiger charge is -2.36. The van der Waals surface area contributed by atoms with Gasteiger partial charge in [0.25, 0.3) is 0 Å². The first-order chi connectivity index (χ1) is 19.7. The number of benzene rings is 2. The number of aliphatic hydroxyl groups is 1. The van der Waals surface area contributed by atoms with Crippen molar-refractivity contribution in [1.82, 2.24) is 14.9 Å². The fourth-order valence-corrected chi connectivity index (χ4v) is 5.96. The summed E-state index contributed by atoms with van der Waals surface area (Å²) in [6.07, 6.45) is 0. The largest absolute Gasteiger partial charge is 0.387 e. The van der Waals surface area contributed by atoms with E-state index in [0.717, 1.165) is 11.4 Å². The van der Waals surface area contributed by atoms with Crippen LogP contribution in [0.15, 0.2) is 42.5 Å². The van der Waals surface area contributed by atoms with Crippen molar-refractivity contribution in [1.29, 1.82) is 5.26 Å². The molecule has 2 aromatic carbocycles. The summed E-state index contributed by atoms with van der Waals surface area (Å²) < 4.78 is 29.3. The second-order valence-corrected chi connectivity index (χ2v) is 11.1. The van der Waals surface area contributed by atoms with Crippen LogP contribution in [0.25, 0.3) is 22.2 Å². The zero-order valence-electron chi connectivity index (χ0n) is 23.1. The van der Waals surface area contributed by atoms with Gasteiger partial charge in [-0.1, -0.05) is 25.2 Å². The predicted octanol–water partition coefficient (Wildman–Crippen LogP) is 5.43. The second kappa shape index (κ2) is 11.8. The number of hydrogen-bond acceptors (Lipinski definition) is 8. The maximum atomic E-state index is 15.7. The third-order valence-corrected chi connectivity index (χ3v) is 8.23. The molecule has 0 atom stereocenters. The van der Waals surface area contributed by atoms with Gasteiger partial charge in [0.2, 0.25) is 5.91 Å². The molecule has 1 amide bonds. The Labute approximate surface area is 241 Å². The molecule has 1 saturated heterocycles. The predicted molar refractivity (Wildman–Crippen MR) is 157 cm³/mol. The summed E-state index contributed by atoms with van der Waals surface area (Å²) >= 11 is 1.23. The number of carbonyl (C=O) groups is 1. The van der Waals surface area contributed by atoms with Gasteiger partial charge in [0, 0.05) is 55.1 Å². The van der Waals surface area contributed by atoms with Crippen molar-refractivity contribution < 1.29 is 18.7 Å². The van der Waals surface area contributed by atoms with E-state index in [9.17, 15) is 19.6 Å². The molecule has 4 aromatic rings. The zero-order chi connectivity index (χ0) is 29.3. The maximum absolute atomic E-state index is 15.7. The van der Waals surface area contributed by atoms with Gasteiger partial charge >= 0.3 is 0 Å². The van der Waals surface area contributed by atoms with Gasteiger partial charge < -0.3 is 19.8 Å². The number of nitrogens with zero attached hydrogens (tertiary/aromatic N) is 6. The fraction of sp³-hybridized carbons (Fsp3) is 0.333. The van der Waals surface area contributed by atoms with Crippen molar-refractivity contribution in [3.05, 3.63) is 64.7 Å². The molecule has 1 aliphatic rings. The second-order valence-electron chi connectivity index (χ2n) is 10.1. The maximum Gasteiger partial charge on any atom is 0.248 e. The molecule has 41 heavy (non-hydrogen) atoms. The molecule has 1 aliphatic heterocycles. The quantitative estimate of drug-likeness (QED) is 0.313. The van der Waals surface area contributed by atoms with Crippen LogP contribution in [-0.4, -0.2) is 65.2 Å². The number of rotatable bonds is 7. The molecule has 0 radical (unpaired) electrons. The van der Waals surface area contributed by atoms with Crippen LogP contribution in [0.1, 0.15) is 37.3 Å². The first kappa shape index (κ1) is 28.4. The Morgan fingerprint density at radius 2 is 1.83 bits per heavy atom. The summed E-state index contributed by atoms with van der Waals surface area (Å²) in [5, 5.41) is 20.2. The molecule has 0 spiro atoms. The molecular formula is C30H30F2N6O2S. The van der Waals surface area contributed by atoms with E-state index in [0.29, 0.717) is 65.1 Å². The van der Waals surface area contributed by atoms with E-state index in [1.807, 2.05) is 42.7 Å². The standard InChI is InChI=1S/C30H30F2N6O2S/c1-4-38(30-35-28(26(16-33)41-30)19-5-7-20(31)8-6-19)25-15-24(18(2)3)34-29-22(25)13-21(14-23(29)32)36-9-11-37(12-10-36)27(40)17-39/h5-8,13-15,18,39H,4,9-12,17H2,1-3H3. The summed E-state index contributed by atoms with van der Waals surface area (Å²) in [6.45, 7) is 7.78. The van der Waals surface area contributed by atoms with Gasteiger partial charge in [0.05, 0.1) is 5.69 Å². The van der Waals surface area contributed by atoms with Gasteiger partial charge in [0.15, 0.2) is 10.9 Å². The number of nitriles is 1. The highest BCUT2D eigenvalue weighted by atomic mass is 32.1. The summed E-state index contributed by atoms with van der Waals surface area (Å²) in [5.74, 6) is -1.11. The van der Waals surface area contributed by atoms with Crippen molar-refractivity contribution in [3.63, 3.8) is 0 Å².